The molecule has 100 valence electrons. The van der Waals surface area contributed by atoms with Crippen molar-refractivity contribution in [1.29, 1.82) is 0 Å². The highest BCUT2D eigenvalue weighted by Crippen LogP contribution is 2.31. The Morgan fingerprint density at radius 1 is 1.26 bits per heavy atom. The van der Waals surface area contributed by atoms with E-state index in [1.54, 1.807) is 5.38 Å². The summed E-state index contributed by atoms with van der Waals surface area (Å²) in [6.07, 6.45) is -4.56. The highest BCUT2D eigenvalue weighted by Gasteiger charge is 2.30. The van der Waals surface area contributed by atoms with Gasteiger partial charge in [-0.25, -0.2) is 4.98 Å². The predicted molar refractivity (Wildman–Crippen MR) is 63.9 cm³/mol. The van der Waals surface area contributed by atoms with Gasteiger partial charge in [-0.2, -0.15) is 13.2 Å². The molecular formula is C12H8F3NO2S. The van der Waals surface area contributed by atoms with E-state index < -0.39 is 17.7 Å². The van der Waals surface area contributed by atoms with Crippen molar-refractivity contribution >= 4 is 17.3 Å². The van der Waals surface area contributed by atoms with Gasteiger partial charge in [-0.3, -0.25) is 4.79 Å². The summed E-state index contributed by atoms with van der Waals surface area (Å²) in [6.45, 7) is 0. The van der Waals surface area contributed by atoms with Crippen molar-refractivity contribution in [2.75, 3.05) is 0 Å². The molecular weight excluding hydrogens is 279 g/mol. The minimum absolute atomic E-state index is 0.197. The Morgan fingerprint density at radius 3 is 2.42 bits per heavy atom. The number of hydrogen-bond donors (Lipinski definition) is 1. The fraction of sp³-hybridized carbons (Fsp3) is 0.167. The Morgan fingerprint density at radius 2 is 1.89 bits per heavy atom. The number of halogens is 3. The van der Waals surface area contributed by atoms with Crippen molar-refractivity contribution in [3.63, 3.8) is 0 Å². The molecule has 1 heterocycles. The van der Waals surface area contributed by atoms with Crippen LogP contribution >= 0.6 is 11.3 Å². The van der Waals surface area contributed by atoms with Gasteiger partial charge in [0.05, 0.1) is 17.7 Å². The van der Waals surface area contributed by atoms with Crippen LogP contribution in [0.2, 0.25) is 0 Å². The Kier molecular flexibility index (Phi) is 3.57. The molecule has 1 N–H and O–H groups in total. The Labute approximate surface area is 110 Å². The van der Waals surface area contributed by atoms with Crippen LogP contribution < -0.4 is 0 Å². The standard InChI is InChI=1S/C12H8F3NO2S/c13-12(14,15)8-3-1-7(2-4-8)11-16-9(6-19-11)5-10(17)18/h1-4,6H,5H2,(H,17,18). The SMILES string of the molecule is O=C(O)Cc1csc(-c2ccc(C(F)(F)F)cc2)n1. The third-order valence-corrected chi connectivity index (χ3v) is 3.28. The van der Waals surface area contributed by atoms with Crippen LogP contribution in [0.15, 0.2) is 29.6 Å². The maximum Gasteiger partial charge on any atom is 0.416 e. The summed E-state index contributed by atoms with van der Waals surface area (Å²) in [5.41, 5.74) is 0.209. The first-order valence-electron chi connectivity index (χ1n) is 5.20. The molecule has 1 aromatic heterocycles. The molecule has 0 fully saturated rings. The Hall–Kier alpha value is -1.89. The number of nitrogens with zero attached hydrogens (tertiary/aromatic N) is 1. The van der Waals surface area contributed by atoms with Gasteiger partial charge in [-0.15, -0.1) is 11.3 Å². The summed E-state index contributed by atoms with van der Waals surface area (Å²) in [7, 11) is 0. The number of carboxylic acid groups (broad SMARTS) is 1. The molecule has 0 aliphatic heterocycles. The van der Waals surface area contributed by atoms with Crippen LogP contribution in [-0.2, 0) is 17.4 Å². The second kappa shape index (κ2) is 5.00. The number of alkyl halides is 3. The maximum absolute atomic E-state index is 12.4. The summed E-state index contributed by atoms with van der Waals surface area (Å²) in [5, 5.41) is 10.7. The van der Waals surface area contributed by atoms with Crippen LogP contribution in [-0.4, -0.2) is 16.1 Å². The molecule has 1 aromatic carbocycles. The molecule has 2 rings (SSSR count). The smallest absolute Gasteiger partial charge is 0.416 e. The summed E-state index contributed by atoms with van der Waals surface area (Å²) in [5.74, 6) is -0.996. The van der Waals surface area contributed by atoms with E-state index in [1.165, 1.54) is 23.5 Å². The van der Waals surface area contributed by atoms with Crippen LogP contribution in [0.25, 0.3) is 10.6 Å². The number of hydrogen-bond acceptors (Lipinski definition) is 3. The summed E-state index contributed by atoms with van der Waals surface area (Å²) < 4.78 is 37.2. The Bertz CT molecular complexity index is 590. The molecule has 0 amide bonds. The lowest BCUT2D eigenvalue weighted by Gasteiger charge is -2.06. The average Bonchev–Trinajstić information content (AvgIpc) is 2.75. The molecule has 2 aromatic rings. The van der Waals surface area contributed by atoms with E-state index in [1.807, 2.05) is 0 Å². The van der Waals surface area contributed by atoms with Crippen LogP contribution in [0.4, 0.5) is 13.2 Å². The number of thiazole rings is 1. The molecule has 7 heteroatoms. The average molecular weight is 287 g/mol. The van der Waals surface area contributed by atoms with Crippen LogP contribution in [0.3, 0.4) is 0 Å². The third-order valence-electron chi connectivity index (χ3n) is 2.34. The Balaban J connectivity index is 2.23. The van der Waals surface area contributed by atoms with E-state index in [4.69, 9.17) is 5.11 Å². The molecule has 19 heavy (non-hydrogen) atoms. The topological polar surface area (TPSA) is 50.2 Å². The third kappa shape index (κ3) is 3.31. The highest BCUT2D eigenvalue weighted by molar-refractivity contribution is 7.13. The number of rotatable bonds is 3. The van der Waals surface area contributed by atoms with Gasteiger partial charge >= 0.3 is 12.1 Å². The van der Waals surface area contributed by atoms with Crippen LogP contribution in [0, 0.1) is 0 Å². The van der Waals surface area contributed by atoms with Gasteiger partial charge in [0.1, 0.15) is 5.01 Å². The quantitative estimate of drug-likeness (QED) is 0.940. The molecule has 0 radical (unpaired) electrons. The van der Waals surface area contributed by atoms with E-state index in [9.17, 15) is 18.0 Å². The number of aromatic nitrogens is 1. The zero-order valence-corrected chi connectivity index (χ0v) is 10.3. The van der Waals surface area contributed by atoms with Gasteiger partial charge in [0.25, 0.3) is 0 Å². The van der Waals surface area contributed by atoms with E-state index in [0.29, 0.717) is 16.3 Å². The second-order valence-electron chi connectivity index (χ2n) is 3.79. The molecule has 0 aliphatic carbocycles. The fourth-order valence-electron chi connectivity index (χ4n) is 1.48. The first kappa shape index (κ1) is 13.5. The summed E-state index contributed by atoms with van der Waals surface area (Å²) in [4.78, 5) is 14.6. The van der Waals surface area contributed by atoms with Gasteiger partial charge < -0.3 is 5.11 Å². The van der Waals surface area contributed by atoms with Gasteiger partial charge in [-0.05, 0) is 12.1 Å². The molecule has 0 saturated carbocycles. The molecule has 0 atom stereocenters. The monoisotopic (exact) mass is 287 g/mol. The summed E-state index contributed by atoms with van der Waals surface area (Å²) in [6, 6.07) is 4.61. The molecule has 0 bridgehead atoms. The van der Waals surface area contributed by atoms with E-state index in [0.717, 1.165) is 12.1 Å². The van der Waals surface area contributed by atoms with Crippen LogP contribution in [0.1, 0.15) is 11.3 Å². The number of carbonyl (C=O) groups is 1. The maximum atomic E-state index is 12.4. The lowest BCUT2D eigenvalue weighted by molar-refractivity contribution is -0.138. The van der Waals surface area contributed by atoms with Gasteiger partial charge in [-0.1, -0.05) is 12.1 Å². The van der Waals surface area contributed by atoms with Crippen molar-refractivity contribution in [2.24, 2.45) is 0 Å². The van der Waals surface area contributed by atoms with Gasteiger partial charge in [0, 0.05) is 10.9 Å². The zero-order chi connectivity index (χ0) is 14.0. The lowest BCUT2D eigenvalue weighted by atomic mass is 10.1. The van der Waals surface area contributed by atoms with Crippen molar-refractivity contribution in [1.82, 2.24) is 4.98 Å². The number of benzene rings is 1. The van der Waals surface area contributed by atoms with Crippen molar-refractivity contribution < 1.29 is 23.1 Å². The minimum atomic E-state index is -4.37. The van der Waals surface area contributed by atoms with Crippen LogP contribution in [0.5, 0.6) is 0 Å². The van der Waals surface area contributed by atoms with Gasteiger partial charge in [0.15, 0.2) is 0 Å². The largest absolute Gasteiger partial charge is 0.481 e. The van der Waals surface area contributed by atoms with Gasteiger partial charge in [0.2, 0.25) is 0 Å². The van der Waals surface area contributed by atoms with Crippen molar-refractivity contribution in [3.8, 4) is 10.6 Å². The molecule has 0 saturated heterocycles. The van der Waals surface area contributed by atoms with Crippen molar-refractivity contribution in [2.45, 2.75) is 12.6 Å². The van der Waals surface area contributed by atoms with Crippen molar-refractivity contribution in [3.05, 3.63) is 40.9 Å². The predicted octanol–water partition coefficient (Wildman–Crippen LogP) is 3.46. The van der Waals surface area contributed by atoms with E-state index in [2.05, 4.69) is 4.98 Å². The normalized spacial score (nSPS) is 11.5. The fourth-order valence-corrected chi connectivity index (χ4v) is 2.30. The molecule has 0 spiro atoms. The summed E-state index contributed by atoms with van der Waals surface area (Å²) >= 11 is 1.20. The first-order valence-corrected chi connectivity index (χ1v) is 6.08. The molecule has 3 nitrogen and oxygen atoms in total. The number of aliphatic carboxylic acids is 1. The molecule has 0 unspecified atom stereocenters. The minimum Gasteiger partial charge on any atom is -0.481 e. The lowest BCUT2D eigenvalue weighted by Crippen LogP contribution is -2.04. The van der Waals surface area contributed by atoms with E-state index >= 15 is 0 Å². The first-order chi connectivity index (χ1) is 8.86. The number of carboxylic acids is 1. The highest BCUT2D eigenvalue weighted by atomic mass is 32.1. The second-order valence-corrected chi connectivity index (χ2v) is 4.65. The molecule has 0 aliphatic rings. The van der Waals surface area contributed by atoms with E-state index in [-0.39, 0.29) is 6.42 Å². The zero-order valence-electron chi connectivity index (χ0n) is 9.44.